The zero-order valence-electron chi connectivity index (χ0n) is 20.3. The smallest absolute Gasteiger partial charge is 0.251 e. The Balaban J connectivity index is 1.51. The Hall–Kier alpha value is -3.51. The highest BCUT2D eigenvalue weighted by Gasteiger charge is 2.22. The van der Waals surface area contributed by atoms with Gasteiger partial charge in [0.2, 0.25) is 0 Å². The number of hydrogen-bond donors (Lipinski definition) is 2. The highest BCUT2D eigenvalue weighted by Crippen LogP contribution is 2.28. The first-order valence-corrected chi connectivity index (χ1v) is 11.9. The van der Waals surface area contributed by atoms with Crippen LogP contribution in [0.1, 0.15) is 24.1 Å². The van der Waals surface area contributed by atoms with Gasteiger partial charge in [0.15, 0.2) is 0 Å². The number of rotatable bonds is 8. The van der Waals surface area contributed by atoms with Crippen LogP contribution in [-0.2, 0) is 4.79 Å². The molecule has 0 bridgehead atoms. The number of carbonyl (C=O) groups is 1. The maximum atomic E-state index is 13.4. The van der Waals surface area contributed by atoms with Crippen molar-refractivity contribution in [3.05, 3.63) is 83.9 Å². The minimum Gasteiger partial charge on any atom is -0.495 e. The van der Waals surface area contributed by atoms with Crippen molar-refractivity contribution in [3.63, 3.8) is 0 Å². The number of carbonyl (C=O) groups excluding carboxylic acids is 1. The molecule has 0 saturated carbocycles. The molecule has 6 heteroatoms. The van der Waals surface area contributed by atoms with Crippen molar-refractivity contribution < 1.29 is 9.53 Å². The lowest BCUT2D eigenvalue weighted by Gasteiger charge is -2.35. The van der Waals surface area contributed by atoms with Crippen molar-refractivity contribution in [2.24, 2.45) is 0 Å². The molecule has 3 aromatic carbocycles. The number of nitrogens with one attached hydrogen (secondary N) is 2. The first kappa shape index (κ1) is 23.6. The Morgan fingerprint density at radius 3 is 2.32 bits per heavy atom. The topological polar surface area (TPSA) is 56.8 Å². The highest BCUT2D eigenvalue weighted by atomic mass is 16.5. The van der Waals surface area contributed by atoms with Crippen molar-refractivity contribution in [1.82, 2.24) is 4.90 Å². The lowest BCUT2D eigenvalue weighted by Crippen LogP contribution is -2.46. The molecule has 1 heterocycles. The average Bonchev–Trinajstić information content (AvgIpc) is 2.88. The van der Waals surface area contributed by atoms with Crippen molar-refractivity contribution >= 4 is 23.0 Å². The molecule has 2 N–H and O–H groups in total. The third-order valence-electron chi connectivity index (χ3n) is 6.37. The summed E-state index contributed by atoms with van der Waals surface area (Å²) in [6.45, 7) is 9.57. The average molecular weight is 459 g/mol. The molecular formula is C28H34N4O2. The van der Waals surface area contributed by atoms with Crippen LogP contribution in [0.5, 0.6) is 5.75 Å². The number of benzene rings is 3. The van der Waals surface area contributed by atoms with Crippen LogP contribution in [0.25, 0.3) is 0 Å². The molecule has 3 aromatic rings. The Bertz CT molecular complexity index is 1080. The van der Waals surface area contributed by atoms with Gasteiger partial charge in [0, 0.05) is 37.6 Å². The van der Waals surface area contributed by atoms with Crippen LogP contribution in [0.15, 0.2) is 72.8 Å². The van der Waals surface area contributed by atoms with Gasteiger partial charge < -0.3 is 25.2 Å². The normalized spacial score (nSPS) is 15.0. The molecule has 6 nitrogen and oxygen atoms in total. The fourth-order valence-electron chi connectivity index (χ4n) is 4.33. The second-order valence-electron chi connectivity index (χ2n) is 8.65. The number of piperazine rings is 1. The van der Waals surface area contributed by atoms with Gasteiger partial charge in [0.25, 0.3) is 5.91 Å². The molecule has 1 atom stereocenters. The first-order chi connectivity index (χ1) is 16.6. The van der Waals surface area contributed by atoms with Crippen molar-refractivity contribution in [3.8, 4) is 5.75 Å². The summed E-state index contributed by atoms with van der Waals surface area (Å²) in [5.41, 5.74) is 4.72. The zero-order valence-corrected chi connectivity index (χ0v) is 20.3. The molecular weight excluding hydrogens is 424 g/mol. The van der Waals surface area contributed by atoms with Gasteiger partial charge in [-0.15, -0.1) is 0 Å². The van der Waals surface area contributed by atoms with E-state index < -0.39 is 6.04 Å². The van der Waals surface area contributed by atoms with E-state index in [9.17, 15) is 4.79 Å². The molecule has 0 radical (unpaired) electrons. The van der Waals surface area contributed by atoms with Gasteiger partial charge >= 0.3 is 0 Å². The monoisotopic (exact) mass is 458 g/mol. The molecule has 178 valence electrons. The number of amides is 1. The summed E-state index contributed by atoms with van der Waals surface area (Å²) in [6.07, 6.45) is 0. The van der Waals surface area contributed by atoms with Gasteiger partial charge in [-0.25, -0.2) is 0 Å². The summed E-state index contributed by atoms with van der Waals surface area (Å²) in [4.78, 5) is 18.3. The van der Waals surface area contributed by atoms with Crippen LogP contribution in [0.3, 0.4) is 0 Å². The van der Waals surface area contributed by atoms with Gasteiger partial charge in [-0.1, -0.05) is 43.3 Å². The van der Waals surface area contributed by atoms with Crippen LogP contribution >= 0.6 is 0 Å². The Morgan fingerprint density at radius 1 is 0.971 bits per heavy atom. The predicted molar refractivity (Wildman–Crippen MR) is 140 cm³/mol. The maximum Gasteiger partial charge on any atom is 0.251 e. The number of methoxy groups -OCH3 is 1. The minimum atomic E-state index is -0.551. The van der Waals surface area contributed by atoms with E-state index in [1.54, 1.807) is 7.11 Å². The quantitative estimate of drug-likeness (QED) is 0.501. The standard InChI is InChI=1S/C28H34N4O2/c1-4-31-16-18-32(19-17-31)24-13-11-23(12-14-24)29-27(22-8-6-5-7-9-22)28(33)30-25-20-21(2)10-15-26(25)34-3/h5-15,20,27,29H,4,16-19H2,1-3H3,(H,30,33)/t27-/m0/s1. The SMILES string of the molecule is CCN1CCN(c2ccc(N[C@H](C(=O)Nc3cc(C)ccc3OC)c3ccccc3)cc2)CC1. The fraction of sp³-hybridized carbons (Fsp3) is 0.321. The van der Waals surface area contributed by atoms with Gasteiger partial charge in [-0.2, -0.15) is 0 Å². The van der Waals surface area contributed by atoms with E-state index in [2.05, 4.69) is 51.6 Å². The molecule has 1 aliphatic heterocycles. The van der Waals surface area contributed by atoms with E-state index in [0.717, 1.165) is 49.5 Å². The van der Waals surface area contributed by atoms with Crippen LogP contribution in [0.2, 0.25) is 0 Å². The molecule has 1 fully saturated rings. The highest BCUT2D eigenvalue weighted by molar-refractivity contribution is 5.98. The van der Waals surface area contributed by atoms with E-state index in [4.69, 9.17) is 4.74 Å². The summed E-state index contributed by atoms with van der Waals surface area (Å²) >= 11 is 0. The molecule has 4 rings (SSSR count). The Kier molecular flexibility index (Phi) is 7.70. The second kappa shape index (κ2) is 11.1. The maximum absolute atomic E-state index is 13.4. The zero-order chi connectivity index (χ0) is 23.9. The summed E-state index contributed by atoms with van der Waals surface area (Å²) < 4.78 is 5.45. The Labute approximate surface area is 202 Å². The van der Waals surface area contributed by atoms with Crippen LogP contribution in [0.4, 0.5) is 17.1 Å². The summed E-state index contributed by atoms with van der Waals surface area (Å²) in [6, 6.07) is 23.4. The molecule has 1 aliphatic rings. The number of nitrogens with zero attached hydrogens (tertiary/aromatic N) is 2. The van der Waals surface area contributed by atoms with Gasteiger partial charge in [0.05, 0.1) is 12.8 Å². The summed E-state index contributed by atoms with van der Waals surface area (Å²) in [7, 11) is 1.61. The molecule has 0 unspecified atom stereocenters. The molecule has 0 spiro atoms. The number of likely N-dealkylation sites (N-methyl/N-ethyl adjacent to an activating group) is 1. The van der Waals surface area contributed by atoms with Crippen LogP contribution < -0.4 is 20.3 Å². The number of anilines is 3. The molecule has 1 amide bonds. The molecule has 1 saturated heterocycles. The lowest BCUT2D eigenvalue weighted by atomic mass is 10.0. The first-order valence-electron chi connectivity index (χ1n) is 11.9. The van der Waals surface area contributed by atoms with Crippen molar-refractivity contribution in [2.75, 3.05) is 55.4 Å². The van der Waals surface area contributed by atoms with Gasteiger partial charge in [0.1, 0.15) is 11.8 Å². The Morgan fingerprint density at radius 2 is 1.68 bits per heavy atom. The van der Waals surface area contributed by atoms with Gasteiger partial charge in [-0.3, -0.25) is 4.79 Å². The van der Waals surface area contributed by atoms with E-state index in [-0.39, 0.29) is 5.91 Å². The van der Waals surface area contributed by atoms with Crippen molar-refractivity contribution in [1.29, 1.82) is 0 Å². The minimum absolute atomic E-state index is 0.144. The third kappa shape index (κ3) is 5.69. The number of hydrogen-bond acceptors (Lipinski definition) is 5. The third-order valence-corrected chi connectivity index (χ3v) is 6.37. The fourth-order valence-corrected chi connectivity index (χ4v) is 4.33. The lowest BCUT2D eigenvalue weighted by molar-refractivity contribution is -0.117. The van der Waals surface area contributed by atoms with Crippen molar-refractivity contribution in [2.45, 2.75) is 19.9 Å². The van der Waals surface area contributed by atoms with E-state index in [0.29, 0.717) is 11.4 Å². The molecule has 0 aliphatic carbocycles. The molecule has 34 heavy (non-hydrogen) atoms. The van der Waals surface area contributed by atoms with Crippen LogP contribution in [-0.4, -0.2) is 50.6 Å². The van der Waals surface area contributed by atoms with E-state index in [1.807, 2.05) is 55.5 Å². The summed E-state index contributed by atoms with van der Waals surface area (Å²) in [5.74, 6) is 0.494. The largest absolute Gasteiger partial charge is 0.495 e. The summed E-state index contributed by atoms with van der Waals surface area (Å²) in [5, 5.41) is 6.49. The molecule has 0 aromatic heterocycles. The predicted octanol–water partition coefficient (Wildman–Crippen LogP) is 4.94. The van der Waals surface area contributed by atoms with E-state index in [1.165, 1.54) is 5.69 Å². The van der Waals surface area contributed by atoms with Crippen LogP contribution in [0, 0.1) is 6.92 Å². The second-order valence-corrected chi connectivity index (χ2v) is 8.65. The number of ether oxygens (including phenoxy) is 1. The van der Waals surface area contributed by atoms with Gasteiger partial charge in [-0.05, 0) is 61.0 Å². The van der Waals surface area contributed by atoms with E-state index >= 15 is 0 Å². The number of aryl methyl sites for hydroxylation is 1.